The van der Waals surface area contributed by atoms with E-state index < -0.39 is 0 Å². The van der Waals surface area contributed by atoms with Crippen molar-refractivity contribution in [1.29, 1.82) is 5.26 Å². The van der Waals surface area contributed by atoms with Crippen LogP contribution in [-0.4, -0.2) is 54.3 Å². The quantitative estimate of drug-likeness (QED) is 0.755. The molecule has 0 saturated carbocycles. The number of amides is 2. The van der Waals surface area contributed by atoms with Gasteiger partial charge in [0.1, 0.15) is 11.1 Å². The molecule has 162 valence electrons. The van der Waals surface area contributed by atoms with E-state index in [0.29, 0.717) is 43.0 Å². The van der Waals surface area contributed by atoms with Gasteiger partial charge in [0, 0.05) is 44.0 Å². The number of anilines is 1. The maximum absolute atomic E-state index is 12.6. The first-order valence-electron chi connectivity index (χ1n) is 10.9. The Morgan fingerprint density at radius 2 is 1.87 bits per heavy atom. The minimum Gasteiger partial charge on any atom is -0.340 e. The van der Waals surface area contributed by atoms with Crippen LogP contribution < -0.4 is 5.32 Å². The van der Waals surface area contributed by atoms with Crippen molar-refractivity contribution < 1.29 is 9.59 Å². The third-order valence-corrected chi connectivity index (χ3v) is 7.35. The molecule has 1 saturated heterocycles. The first-order valence-corrected chi connectivity index (χ1v) is 11.8. The van der Waals surface area contributed by atoms with E-state index in [4.69, 9.17) is 0 Å². The highest BCUT2D eigenvalue weighted by atomic mass is 32.1. The predicted molar refractivity (Wildman–Crippen MR) is 122 cm³/mol. The van der Waals surface area contributed by atoms with Gasteiger partial charge < -0.3 is 10.2 Å². The Balaban J connectivity index is 1.21. The van der Waals surface area contributed by atoms with E-state index in [1.54, 1.807) is 11.3 Å². The van der Waals surface area contributed by atoms with Crippen LogP contribution in [0.5, 0.6) is 0 Å². The molecule has 0 atom stereocenters. The summed E-state index contributed by atoms with van der Waals surface area (Å²) in [4.78, 5) is 30.4. The average Bonchev–Trinajstić information content (AvgIpc) is 3.35. The number of thiophene rings is 1. The van der Waals surface area contributed by atoms with Gasteiger partial charge >= 0.3 is 0 Å². The number of carbonyl (C=O) groups is 2. The minimum atomic E-state index is -0.0469. The number of rotatable bonds is 6. The van der Waals surface area contributed by atoms with E-state index in [-0.39, 0.29) is 11.8 Å². The fraction of sp³-hybridized carbons (Fsp3) is 0.458. The number of piperazine rings is 1. The SMILES string of the molecule is Cc1ccc(CC(=O)N2CCN(CCC(=O)Nc3sc4c(c3C#N)CCC4)CC2)cc1. The summed E-state index contributed by atoms with van der Waals surface area (Å²) in [5.41, 5.74) is 4.03. The Kier molecular flexibility index (Phi) is 6.69. The van der Waals surface area contributed by atoms with Crippen LogP contribution in [-0.2, 0) is 28.9 Å². The molecule has 0 unspecified atom stereocenters. The molecule has 1 aliphatic heterocycles. The smallest absolute Gasteiger partial charge is 0.227 e. The van der Waals surface area contributed by atoms with Gasteiger partial charge in [-0.3, -0.25) is 14.5 Å². The third kappa shape index (κ3) is 5.15. The Morgan fingerprint density at radius 3 is 2.58 bits per heavy atom. The van der Waals surface area contributed by atoms with Crippen LogP contribution in [0.25, 0.3) is 0 Å². The molecule has 0 radical (unpaired) electrons. The third-order valence-electron chi connectivity index (χ3n) is 6.14. The Morgan fingerprint density at radius 1 is 1.13 bits per heavy atom. The summed E-state index contributed by atoms with van der Waals surface area (Å²) in [6.45, 7) is 5.66. The highest BCUT2D eigenvalue weighted by molar-refractivity contribution is 7.16. The monoisotopic (exact) mass is 436 g/mol. The molecule has 2 aromatic rings. The highest BCUT2D eigenvalue weighted by Gasteiger charge is 2.24. The Labute approximate surface area is 187 Å². The maximum Gasteiger partial charge on any atom is 0.227 e. The maximum atomic E-state index is 12.6. The lowest BCUT2D eigenvalue weighted by molar-refractivity contribution is -0.132. The number of nitrogens with one attached hydrogen (secondary N) is 1. The van der Waals surface area contributed by atoms with Crippen molar-refractivity contribution in [3.8, 4) is 6.07 Å². The van der Waals surface area contributed by atoms with Crippen molar-refractivity contribution in [2.45, 2.75) is 39.0 Å². The molecule has 0 bridgehead atoms. The fourth-order valence-corrected chi connectivity index (χ4v) is 5.53. The molecule has 6 nitrogen and oxygen atoms in total. The van der Waals surface area contributed by atoms with Crippen molar-refractivity contribution in [1.82, 2.24) is 9.80 Å². The van der Waals surface area contributed by atoms with Gasteiger partial charge in [-0.2, -0.15) is 5.26 Å². The van der Waals surface area contributed by atoms with Crippen molar-refractivity contribution in [2.75, 3.05) is 38.0 Å². The number of nitrogens with zero attached hydrogens (tertiary/aromatic N) is 3. The van der Waals surface area contributed by atoms with Crippen LogP contribution in [0.2, 0.25) is 0 Å². The minimum absolute atomic E-state index is 0.0469. The first kappa shape index (κ1) is 21.5. The lowest BCUT2D eigenvalue weighted by Gasteiger charge is -2.34. The zero-order valence-corrected chi connectivity index (χ0v) is 18.8. The molecule has 1 aromatic heterocycles. The van der Waals surface area contributed by atoms with Crippen molar-refractivity contribution in [3.05, 3.63) is 51.4 Å². The highest BCUT2D eigenvalue weighted by Crippen LogP contribution is 2.38. The fourth-order valence-electron chi connectivity index (χ4n) is 4.27. The van der Waals surface area contributed by atoms with E-state index in [0.717, 1.165) is 43.5 Å². The molecule has 1 aliphatic carbocycles. The summed E-state index contributed by atoms with van der Waals surface area (Å²) < 4.78 is 0. The second kappa shape index (κ2) is 9.63. The van der Waals surface area contributed by atoms with Gasteiger partial charge in [-0.1, -0.05) is 29.8 Å². The number of hydrogen-bond donors (Lipinski definition) is 1. The molecule has 2 amide bonds. The van der Waals surface area contributed by atoms with Gasteiger partial charge in [-0.05, 0) is 37.3 Å². The average molecular weight is 437 g/mol. The van der Waals surface area contributed by atoms with Crippen LogP contribution in [0.4, 0.5) is 5.00 Å². The summed E-state index contributed by atoms with van der Waals surface area (Å²) in [6, 6.07) is 10.4. The molecule has 1 N–H and O–H groups in total. The van der Waals surface area contributed by atoms with E-state index in [2.05, 4.69) is 16.3 Å². The molecule has 1 fully saturated rings. The second-order valence-electron chi connectivity index (χ2n) is 8.36. The summed E-state index contributed by atoms with van der Waals surface area (Å²) in [7, 11) is 0. The van der Waals surface area contributed by atoms with Crippen LogP contribution >= 0.6 is 11.3 Å². The number of carbonyl (C=O) groups excluding carboxylic acids is 2. The molecular weight excluding hydrogens is 408 g/mol. The second-order valence-corrected chi connectivity index (χ2v) is 9.46. The molecule has 4 rings (SSSR count). The number of fused-ring (bicyclic) bond motifs is 1. The van der Waals surface area contributed by atoms with E-state index >= 15 is 0 Å². The zero-order chi connectivity index (χ0) is 21.8. The zero-order valence-electron chi connectivity index (χ0n) is 17.9. The lowest BCUT2D eigenvalue weighted by Crippen LogP contribution is -2.49. The summed E-state index contributed by atoms with van der Waals surface area (Å²) in [5, 5.41) is 13.1. The standard InChI is InChI=1S/C24H28N4O2S/c1-17-5-7-18(8-6-17)15-23(30)28-13-11-27(12-14-28)10-9-22(29)26-24-20(16-25)19-3-2-4-21(19)31-24/h5-8H,2-4,9-15H2,1H3,(H,26,29). The first-order chi connectivity index (χ1) is 15.0. The Bertz CT molecular complexity index is 998. The van der Waals surface area contributed by atoms with Crippen LogP contribution in [0, 0.1) is 18.3 Å². The molecule has 7 heteroatoms. The number of nitriles is 1. The Hall–Kier alpha value is -2.69. The predicted octanol–water partition coefficient (Wildman–Crippen LogP) is 3.13. The molecule has 2 aliphatic rings. The summed E-state index contributed by atoms with van der Waals surface area (Å²) in [5.74, 6) is 0.116. The van der Waals surface area contributed by atoms with Crippen LogP contribution in [0.15, 0.2) is 24.3 Å². The number of aryl methyl sites for hydroxylation is 2. The van der Waals surface area contributed by atoms with Crippen molar-refractivity contribution in [2.24, 2.45) is 0 Å². The van der Waals surface area contributed by atoms with Gasteiger partial charge in [0.15, 0.2) is 0 Å². The molecule has 2 heterocycles. The van der Waals surface area contributed by atoms with Crippen molar-refractivity contribution in [3.63, 3.8) is 0 Å². The van der Waals surface area contributed by atoms with Gasteiger partial charge in [-0.15, -0.1) is 11.3 Å². The molecule has 31 heavy (non-hydrogen) atoms. The summed E-state index contributed by atoms with van der Waals surface area (Å²) >= 11 is 1.56. The van der Waals surface area contributed by atoms with Gasteiger partial charge in [0.2, 0.25) is 11.8 Å². The largest absolute Gasteiger partial charge is 0.340 e. The normalized spacial score (nSPS) is 16.1. The molecule has 0 spiro atoms. The van der Waals surface area contributed by atoms with Crippen LogP contribution in [0.3, 0.4) is 0 Å². The lowest BCUT2D eigenvalue weighted by atomic mass is 10.1. The van der Waals surface area contributed by atoms with E-state index in [1.165, 1.54) is 10.4 Å². The van der Waals surface area contributed by atoms with Gasteiger partial charge in [-0.25, -0.2) is 0 Å². The molecular formula is C24H28N4O2S. The summed E-state index contributed by atoms with van der Waals surface area (Å²) in [6.07, 6.45) is 3.89. The van der Waals surface area contributed by atoms with E-state index in [9.17, 15) is 14.9 Å². The molecule has 1 aromatic carbocycles. The number of benzene rings is 1. The van der Waals surface area contributed by atoms with Gasteiger partial charge in [0.05, 0.1) is 12.0 Å². The van der Waals surface area contributed by atoms with Crippen LogP contribution in [0.1, 0.15) is 40.0 Å². The van der Waals surface area contributed by atoms with Gasteiger partial charge in [0.25, 0.3) is 0 Å². The topological polar surface area (TPSA) is 76.4 Å². The van der Waals surface area contributed by atoms with E-state index in [1.807, 2.05) is 36.1 Å². The number of hydrogen-bond acceptors (Lipinski definition) is 5. The van der Waals surface area contributed by atoms with Crippen molar-refractivity contribution >= 4 is 28.2 Å².